The van der Waals surface area contributed by atoms with Gasteiger partial charge in [0.1, 0.15) is 23.2 Å². The molecule has 25 heavy (non-hydrogen) atoms. The summed E-state index contributed by atoms with van der Waals surface area (Å²) in [4.78, 5) is 16.3. The predicted octanol–water partition coefficient (Wildman–Crippen LogP) is 4.24. The Kier molecular flexibility index (Phi) is 5.40. The van der Waals surface area contributed by atoms with Gasteiger partial charge in [-0.25, -0.2) is 9.37 Å². The van der Waals surface area contributed by atoms with E-state index >= 15 is 0 Å². The molecule has 0 aliphatic heterocycles. The molecule has 0 atom stereocenters. The monoisotopic (exact) mass is 357 g/mol. The molecule has 0 saturated carbocycles. The van der Waals surface area contributed by atoms with Gasteiger partial charge >= 0.3 is 5.97 Å². The number of hydrogen-bond acceptors (Lipinski definition) is 5. The summed E-state index contributed by atoms with van der Waals surface area (Å²) in [7, 11) is 1.59. The molecule has 0 amide bonds. The molecule has 0 unspecified atom stereocenters. The summed E-state index contributed by atoms with van der Waals surface area (Å²) < 4.78 is 23.3. The smallest absolute Gasteiger partial charge is 0.310 e. The Hall–Kier alpha value is -2.73. The molecule has 0 aliphatic carbocycles. The Morgan fingerprint density at radius 1 is 1.12 bits per heavy atom. The lowest BCUT2D eigenvalue weighted by Gasteiger charge is -2.04. The Labute approximate surface area is 148 Å². The van der Waals surface area contributed by atoms with Crippen LogP contribution in [0.5, 0.6) is 5.75 Å². The molecular weight excluding hydrogens is 341 g/mol. The number of carbonyl (C=O) groups is 1. The Morgan fingerprint density at radius 2 is 1.84 bits per heavy atom. The van der Waals surface area contributed by atoms with Gasteiger partial charge in [-0.1, -0.05) is 12.1 Å². The van der Waals surface area contributed by atoms with E-state index in [9.17, 15) is 9.18 Å². The van der Waals surface area contributed by atoms with Gasteiger partial charge in [0, 0.05) is 10.9 Å². The second-order valence-corrected chi connectivity index (χ2v) is 6.19. The van der Waals surface area contributed by atoms with Gasteiger partial charge < -0.3 is 9.47 Å². The molecule has 1 aromatic heterocycles. The van der Waals surface area contributed by atoms with Crippen molar-refractivity contribution in [3.63, 3.8) is 0 Å². The van der Waals surface area contributed by atoms with Crippen molar-refractivity contribution >= 4 is 17.3 Å². The lowest BCUT2D eigenvalue weighted by atomic mass is 10.1. The van der Waals surface area contributed by atoms with Crippen molar-refractivity contribution in [2.75, 3.05) is 7.11 Å². The minimum atomic E-state index is -0.318. The van der Waals surface area contributed by atoms with Crippen LogP contribution in [0.2, 0.25) is 0 Å². The van der Waals surface area contributed by atoms with E-state index in [0.717, 1.165) is 21.9 Å². The summed E-state index contributed by atoms with van der Waals surface area (Å²) in [6.07, 6.45) is 0.193. The molecule has 3 aromatic rings. The van der Waals surface area contributed by atoms with Crippen LogP contribution in [0.15, 0.2) is 53.9 Å². The fourth-order valence-corrected chi connectivity index (χ4v) is 3.02. The van der Waals surface area contributed by atoms with E-state index in [1.54, 1.807) is 31.4 Å². The van der Waals surface area contributed by atoms with Crippen LogP contribution in [-0.2, 0) is 22.6 Å². The second-order valence-electron chi connectivity index (χ2n) is 5.34. The first-order chi connectivity index (χ1) is 12.1. The number of esters is 1. The van der Waals surface area contributed by atoms with Gasteiger partial charge in [-0.3, -0.25) is 4.79 Å². The number of ether oxygens (including phenoxy) is 2. The quantitative estimate of drug-likeness (QED) is 0.619. The lowest BCUT2D eigenvalue weighted by molar-refractivity contribution is -0.144. The zero-order valence-electron chi connectivity index (χ0n) is 13.6. The maximum absolute atomic E-state index is 13.0. The number of nitrogens with zero attached hydrogens (tertiary/aromatic N) is 1. The van der Waals surface area contributed by atoms with E-state index in [-0.39, 0.29) is 24.8 Å². The third-order valence-corrected chi connectivity index (χ3v) is 4.47. The Bertz CT molecular complexity index is 844. The first kappa shape index (κ1) is 17.1. The van der Waals surface area contributed by atoms with Crippen LogP contribution in [0.1, 0.15) is 11.3 Å². The first-order valence-electron chi connectivity index (χ1n) is 7.63. The molecule has 0 aliphatic rings. The number of halogens is 1. The van der Waals surface area contributed by atoms with Crippen molar-refractivity contribution in [3.05, 3.63) is 71.0 Å². The molecule has 3 rings (SSSR count). The second kappa shape index (κ2) is 7.90. The Balaban J connectivity index is 1.54. The van der Waals surface area contributed by atoms with Crippen molar-refractivity contribution in [1.82, 2.24) is 4.98 Å². The molecule has 1 heterocycles. The molecule has 0 radical (unpaired) electrons. The van der Waals surface area contributed by atoms with Crippen LogP contribution >= 0.6 is 11.3 Å². The van der Waals surface area contributed by atoms with E-state index in [1.165, 1.54) is 23.5 Å². The van der Waals surface area contributed by atoms with Crippen molar-refractivity contribution in [3.8, 4) is 16.3 Å². The van der Waals surface area contributed by atoms with E-state index < -0.39 is 0 Å². The van der Waals surface area contributed by atoms with Crippen LogP contribution in [0.4, 0.5) is 4.39 Å². The maximum atomic E-state index is 13.0. The molecule has 4 nitrogen and oxygen atoms in total. The highest BCUT2D eigenvalue weighted by Crippen LogP contribution is 2.24. The van der Waals surface area contributed by atoms with Gasteiger partial charge in [-0.2, -0.15) is 0 Å². The van der Waals surface area contributed by atoms with Crippen LogP contribution in [0.25, 0.3) is 10.6 Å². The number of carbonyl (C=O) groups excluding carboxylic acids is 1. The van der Waals surface area contributed by atoms with E-state index in [4.69, 9.17) is 9.47 Å². The van der Waals surface area contributed by atoms with E-state index in [1.807, 2.05) is 17.5 Å². The summed E-state index contributed by atoms with van der Waals surface area (Å²) in [5, 5.41) is 2.60. The summed E-state index contributed by atoms with van der Waals surface area (Å²) in [6.45, 7) is 0.118. The normalized spacial score (nSPS) is 10.5. The molecule has 6 heteroatoms. The van der Waals surface area contributed by atoms with E-state index in [0.29, 0.717) is 5.69 Å². The van der Waals surface area contributed by atoms with Crippen molar-refractivity contribution in [1.29, 1.82) is 0 Å². The largest absolute Gasteiger partial charge is 0.497 e. The summed E-state index contributed by atoms with van der Waals surface area (Å²) in [5.41, 5.74) is 2.37. The van der Waals surface area contributed by atoms with Gasteiger partial charge in [0.05, 0.1) is 19.2 Å². The number of methoxy groups -OCH3 is 1. The predicted molar refractivity (Wildman–Crippen MR) is 94.0 cm³/mol. The summed E-state index contributed by atoms with van der Waals surface area (Å²) in [6, 6.07) is 13.4. The molecule has 0 spiro atoms. The molecular formula is C19H16FNO3S. The van der Waals surface area contributed by atoms with Crippen LogP contribution in [0, 0.1) is 5.82 Å². The number of thiazole rings is 1. The van der Waals surface area contributed by atoms with Crippen molar-refractivity contribution in [2.45, 2.75) is 13.0 Å². The molecule has 0 bridgehead atoms. The topological polar surface area (TPSA) is 48.4 Å². The van der Waals surface area contributed by atoms with Gasteiger partial charge in [0.2, 0.25) is 0 Å². The Morgan fingerprint density at radius 3 is 2.52 bits per heavy atom. The number of benzene rings is 2. The average Bonchev–Trinajstić information content (AvgIpc) is 3.10. The van der Waals surface area contributed by atoms with E-state index in [2.05, 4.69) is 4.98 Å². The number of aromatic nitrogens is 1. The van der Waals surface area contributed by atoms with Crippen molar-refractivity contribution < 1.29 is 18.7 Å². The van der Waals surface area contributed by atoms with Gasteiger partial charge in [-0.05, 0) is 42.0 Å². The molecule has 0 N–H and O–H groups in total. The van der Waals surface area contributed by atoms with Gasteiger partial charge in [0.15, 0.2) is 0 Å². The minimum Gasteiger partial charge on any atom is -0.497 e. The molecule has 128 valence electrons. The third kappa shape index (κ3) is 4.64. The van der Waals surface area contributed by atoms with Gasteiger partial charge in [0.25, 0.3) is 0 Å². The lowest BCUT2D eigenvalue weighted by Crippen LogP contribution is -2.08. The molecule has 0 fully saturated rings. The highest BCUT2D eigenvalue weighted by molar-refractivity contribution is 7.13. The average molecular weight is 357 g/mol. The van der Waals surface area contributed by atoms with Crippen LogP contribution in [0.3, 0.4) is 0 Å². The fraction of sp³-hybridized carbons (Fsp3) is 0.158. The number of rotatable bonds is 6. The summed E-state index contributed by atoms with van der Waals surface area (Å²) >= 11 is 1.43. The van der Waals surface area contributed by atoms with Gasteiger partial charge in [-0.15, -0.1) is 11.3 Å². The minimum absolute atomic E-state index is 0.118. The zero-order chi connectivity index (χ0) is 17.6. The van der Waals surface area contributed by atoms with Crippen molar-refractivity contribution in [2.24, 2.45) is 0 Å². The molecule has 2 aromatic carbocycles. The third-order valence-electron chi connectivity index (χ3n) is 3.53. The highest BCUT2D eigenvalue weighted by atomic mass is 32.1. The zero-order valence-corrected chi connectivity index (χ0v) is 14.4. The first-order valence-corrected chi connectivity index (χ1v) is 8.51. The molecule has 0 saturated heterocycles. The summed E-state index contributed by atoms with van der Waals surface area (Å²) in [5.74, 6) is 0.141. The fourth-order valence-electron chi connectivity index (χ4n) is 2.21. The maximum Gasteiger partial charge on any atom is 0.310 e. The van der Waals surface area contributed by atoms with Crippen LogP contribution < -0.4 is 4.74 Å². The standard InChI is InChI=1S/C19H16FNO3S/c1-23-17-8-2-13(3-9-17)10-18(22)24-11-16-12-25-19(21-16)14-4-6-15(20)7-5-14/h2-9,12H,10-11H2,1H3. The van der Waals surface area contributed by atoms with Crippen LogP contribution in [-0.4, -0.2) is 18.1 Å². The SMILES string of the molecule is COc1ccc(CC(=O)OCc2csc(-c3ccc(F)cc3)n2)cc1. The highest BCUT2D eigenvalue weighted by Gasteiger charge is 2.09. The number of hydrogen-bond donors (Lipinski definition) is 0.